The zero-order valence-electron chi connectivity index (χ0n) is 21.8. The quantitative estimate of drug-likeness (QED) is 0.431. The highest BCUT2D eigenvalue weighted by atomic mass is 15.4. The summed E-state index contributed by atoms with van der Waals surface area (Å²) in [7, 11) is 0. The first-order chi connectivity index (χ1) is 15.6. The maximum atomic E-state index is 5.82. The fraction of sp³-hybridized carbons (Fsp3) is 0.484. The van der Waals surface area contributed by atoms with Crippen LogP contribution in [0.25, 0.3) is 0 Å². The van der Waals surface area contributed by atoms with Gasteiger partial charge in [-0.05, 0) is 70.2 Å². The van der Waals surface area contributed by atoms with Crippen molar-refractivity contribution >= 4 is 11.4 Å². The standard InChI is InChI=1S/C31H40N2/c1-11-24-15-26(20(3)4)30(27(16-24)21(5)6)32-13-14-33(19-32)31-28(22(7)8)17-25(12-2)18-29(31)23(9)10/h1-2,15-18,20-23H,13-14,19H2,3-10H3. The van der Waals surface area contributed by atoms with E-state index in [-0.39, 0.29) is 0 Å². The van der Waals surface area contributed by atoms with Crippen LogP contribution in [0.2, 0.25) is 0 Å². The van der Waals surface area contributed by atoms with Crippen LogP contribution in [0.1, 0.15) is 112 Å². The topological polar surface area (TPSA) is 6.48 Å². The predicted molar refractivity (Wildman–Crippen MR) is 145 cm³/mol. The molecule has 3 rings (SSSR count). The van der Waals surface area contributed by atoms with Crippen molar-refractivity contribution in [1.82, 2.24) is 0 Å². The Labute approximate surface area is 202 Å². The van der Waals surface area contributed by atoms with E-state index >= 15 is 0 Å². The van der Waals surface area contributed by atoms with Crippen LogP contribution in [0, 0.1) is 24.7 Å². The van der Waals surface area contributed by atoms with Gasteiger partial charge in [0.1, 0.15) is 0 Å². The third-order valence-corrected chi connectivity index (χ3v) is 6.77. The van der Waals surface area contributed by atoms with Gasteiger partial charge in [0.25, 0.3) is 0 Å². The van der Waals surface area contributed by atoms with Crippen LogP contribution in [0.4, 0.5) is 11.4 Å². The molecule has 0 saturated carbocycles. The van der Waals surface area contributed by atoms with E-state index in [1.807, 2.05) is 0 Å². The fourth-order valence-electron chi connectivity index (χ4n) is 4.97. The Morgan fingerprint density at radius 3 is 1.06 bits per heavy atom. The molecule has 0 radical (unpaired) electrons. The third kappa shape index (κ3) is 4.91. The summed E-state index contributed by atoms with van der Waals surface area (Å²) in [6, 6.07) is 8.87. The Hall–Kier alpha value is -2.84. The molecule has 33 heavy (non-hydrogen) atoms. The van der Waals surface area contributed by atoms with Crippen molar-refractivity contribution in [2.24, 2.45) is 0 Å². The minimum Gasteiger partial charge on any atom is -0.352 e. The van der Waals surface area contributed by atoms with E-state index in [2.05, 4.69) is 101 Å². The van der Waals surface area contributed by atoms with Gasteiger partial charge in [0.15, 0.2) is 0 Å². The van der Waals surface area contributed by atoms with Gasteiger partial charge in [0.2, 0.25) is 0 Å². The number of hydrogen-bond donors (Lipinski definition) is 0. The van der Waals surface area contributed by atoms with Crippen LogP contribution in [0.3, 0.4) is 0 Å². The molecule has 0 atom stereocenters. The van der Waals surface area contributed by atoms with Gasteiger partial charge in [-0.25, -0.2) is 0 Å². The van der Waals surface area contributed by atoms with Gasteiger partial charge in [-0.3, -0.25) is 0 Å². The summed E-state index contributed by atoms with van der Waals surface area (Å²) >= 11 is 0. The normalized spacial score (nSPS) is 14.0. The average Bonchev–Trinajstić information content (AvgIpc) is 3.26. The van der Waals surface area contributed by atoms with Gasteiger partial charge in [0.05, 0.1) is 6.67 Å². The second-order valence-electron chi connectivity index (χ2n) is 10.6. The predicted octanol–water partition coefficient (Wildman–Crippen LogP) is 7.43. The van der Waals surface area contributed by atoms with Crippen molar-refractivity contribution in [2.45, 2.75) is 79.1 Å². The molecule has 0 N–H and O–H groups in total. The highest BCUT2D eigenvalue weighted by molar-refractivity contribution is 5.70. The van der Waals surface area contributed by atoms with E-state index in [4.69, 9.17) is 12.8 Å². The Morgan fingerprint density at radius 1 is 0.576 bits per heavy atom. The van der Waals surface area contributed by atoms with E-state index in [9.17, 15) is 0 Å². The molecule has 0 aromatic heterocycles. The lowest BCUT2D eigenvalue weighted by atomic mass is 9.89. The third-order valence-electron chi connectivity index (χ3n) is 6.77. The van der Waals surface area contributed by atoms with E-state index in [0.29, 0.717) is 23.7 Å². The number of hydrogen-bond acceptors (Lipinski definition) is 2. The van der Waals surface area contributed by atoms with Crippen LogP contribution in [0.5, 0.6) is 0 Å². The molecule has 1 aliphatic rings. The van der Waals surface area contributed by atoms with Gasteiger partial charge < -0.3 is 9.80 Å². The summed E-state index contributed by atoms with van der Waals surface area (Å²) in [4.78, 5) is 5.13. The summed E-state index contributed by atoms with van der Waals surface area (Å²) in [5, 5.41) is 0. The molecule has 1 aliphatic heterocycles. The minimum atomic E-state index is 0.409. The van der Waals surface area contributed by atoms with Crippen LogP contribution in [-0.2, 0) is 0 Å². The molecular weight excluding hydrogens is 400 g/mol. The van der Waals surface area contributed by atoms with Crippen molar-refractivity contribution in [3.05, 3.63) is 57.6 Å². The molecule has 0 spiro atoms. The molecule has 2 nitrogen and oxygen atoms in total. The van der Waals surface area contributed by atoms with Gasteiger partial charge >= 0.3 is 0 Å². The summed E-state index contributed by atoms with van der Waals surface area (Å²) in [6.07, 6.45) is 11.6. The molecular formula is C31H40N2. The van der Waals surface area contributed by atoms with Crippen molar-refractivity contribution < 1.29 is 0 Å². The lowest BCUT2D eigenvalue weighted by molar-refractivity contribution is 0.797. The number of anilines is 2. The zero-order valence-corrected chi connectivity index (χ0v) is 21.8. The van der Waals surface area contributed by atoms with Crippen LogP contribution in [-0.4, -0.2) is 19.8 Å². The minimum absolute atomic E-state index is 0.409. The molecule has 0 bridgehead atoms. The zero-order chi connectivity index (χ0) is 24.4. The average molecular weight is 441 g/mol. The Morgan fingerprint density at radius 2 is 0.848 bits per heavy atom. The van der Waals surface area contributed by atoms with E-state index in [1.165, 1.54) is 33.6 Å². The first-order valence-corrected chi connectivity index (χ1v) is 12.4. The van der Waals surface area contributed by atoms with E-state index in [0.717, 1.165) is 30.9 Å². The maximum absolute atomic E-state index is 5.82. The highest BCUT2D eigenvalue weighted by Gasteiger charge is 2.30. The SMILES string of the molecule is C#Cc1cc(C(C)C)c(N2CCN(c3c(C(C)C)cc(C#C)cc3C(C)C)C2)c(C(C)C)c1. The summed E-state index contributed by atoms with van der Waals surface area (Å²) in [5.74, 6) is 7.39. The van der Waals surface area contributed by atoms with Gasteiger partial charge in [-0.15, -0.1) is 12.8 Å². The summed E-state index contributed by atoms with van der Waals surface area (Å²) in [5.41, 5.74) is 10.1. The van der Waals surface area contributed by atoms with Gasteiger partial charge in [-0.1, -0.05) is 67.2 Å². The van der Waals surface area contributed by atoms with Gasteiger partial charge in [0, 0.05) is 35.6 Å². The summed E-state index contributed by atoms with van der Waals surface area (Å²) in [6.45, 7) is 21.0. The van der Waals surface area contributed by atoms with Crippen LogP contribution >= 0.6 is 0 Å². The van der Waals surface area contributed by atoms with E-state index in [1.54, 1.807) is 0 Å². The summed E-state index contributed by atoms with van der Waals surface area (Å²) < 4.78 is 0. The number of benzene rings is 2. The largest absolute Gasteiger partial charge is 0.352 e. The molecule has 1 heterocycles. The molecule has 1 fully saturated rings. The smallest absolute Gasteiger partial charge is 0.0904 e. The first kappa shape index (κ1) is 24.8. The van der Waals surface area contributed by atoms with Gasteiger partial charge in [-0.2, -0.15) is 0 Å². The second kappa shape index (κ2) is 9.97. The van der Waals surface area contributed by atoms with Crippen molar-refractivity contribution in [2.75, 3.05) is 29.6 Å². The van der Waals surface area contributed by atoms with Crippen LogP contribution in [0.15, 0.2) is 24.3 Å². The Kier molecular flexibility index (Phi) is 7.49. The molecule has 0 unspecified atom stereocenters. The number of rotatable bonds is 6. The number of nitrogens with zero attached hydrogens (tertiary/aromatic N) is 2. The first-order valence-electron chi connectivity index (χ1n) is 12.4. The van der Waals surface area contributed by atoms with Crippen molar-refractivity contribution in [3.8, 4) is 24.7 Å². The fourth-order valence-corrected chi connectivity index (χ4v) is 4.97. The second-order valence-corrected chi connectivity index (χ2v) is 10.6. The molecule has 1 saturated heterocycles. The van der Waals surface area contributed by atoms with E-state index < -0.39 is 0 Å². The molecule has 0 aliphatic carbocycles. The monoisotopic (exact) mass is 440 g/mol. The molecule has 2 heteroatoms. The molecule has 0 amide bonds. The lowest BCUT2D eigenvalue weighted by Crippen LogP contribution is -2.28. The lowest BCUT2D eigenvalue weighted by Gasteiger charge is -2.31. The van der Waals surface area contributed by atoms with Crippen molar-refractivity contribution in [1.29, 1.82) is 0 Å². The molecule has 2 aromatic carbocycles. The Balaban J connectivity index is 2.12. The Bertz CT molecular complexity index is 943. The maximum Gasteiger partial charge on any atom is 0.0904 e. The number of terminal acetylenes is 2. The van der Waals surface area contributed by atoms with Crippen LogP contribution < -0.4 is 9.80 Å². The van der Waals surface area contributed by atoms with Crippen molar-refractivity contribution in [3.63, 3.8) is 0 Å². The molecule has 2 aromatic rings. The molecule has 174 valence electrons. The highest BCUT2D eigenvalue weighted by Crippen LogP contribution is 2.41.